The summed E-state index contributed by atoms with van der Waals surface area (Å²) in [6, 6.07) is 0. The number of H-pyrrole nitrogens is 1. The van der Waals surface area contributed by atoms with E-state index in [0.29, 0.717) is 0 Å². The van der Waals surface area contributed by atoms with Gasteiger partial charge in [0.05, 0.1) is 5.41 Å². The van der Waals surface area contributed by atoms with Gasteiger partial charge in [-0.3, -0.25) is 4.79 Å². The number of aryl methyl sites for hydroxylation is 2. The Balaban J connectivity index is 3.28. The largest absolute Gasteiger partial charge is 0.481 e. The zero-order chi connectivity index (χ0) is 10.2. The van der Waals surface area contributed by atoms with Gasteiger partial charge in [0.25, 0.3) is 0 Å². The Hall–Kier alpha value is -1.25. The van der Waals surface area contributed by atoms with E-state index in [1.165, 1.54) is 0 Å². The highest BCUT2D eigenvalue weighted by Gasteiger charge is 2.32. The second-order valence-corrected chi connectivity index (χ2v) is 3.90. The molecule has 0 saturated heterocycles. The maximum Gasteiger partial charge on any atom is 0.313 e. The molecule has 0 aliphatic rings. The lowest BCUT2D eigenvalue weighted by atomic mass is 9.83. The van der Waals surface area contributed by atoms with E-state index in [0.717, 1.165) is 16.8 Å². The first-order chi connectivity index (χ1) is 5.87. The summed E-state index contributed by atoms with van der Waals surface area (Å²) in [7, 11) is 0. The van der Waals surface area contributed by atoms with Crippen LogP contribution in [0.25, 0.3) is 0 Å². The molecular weight excluding hydrogens is 166 g/mol. The van der Waals surface area contributed by atoms with Crippen LogP contribution in [0.1, 0.15) is 30.7 Å². The number of carboxylic acids is 1. The number of nitrogens with one attached hydrogen (secondary N) is 1. The Morgan fingerprint density at radius 1 is 1.46 bits per heavy atom. The van der Waals surface area contributed by atoms with E-state index in [1.807, 2.05) is 20.0 Å². The fourth-order valence-corrected chi connectivity index (χ4v) is 1.73. The smallest absolute Gasteiger partial charge is 0.313 e. The first-order valence-corrected chi connectivity index (χ1v) is 4.26. The lowest BCUT2D eigenvalue weighted by Crippen LogP contribution is -2.29. The Morgan fingerprint density at radius 2 is 2.00 bits per heavy atom. The molecule has 0 aromatic carbocycles. The van der Waals surface area contributed by atoms with E-state index in [9.17, 15) is 4.79 Å². The number of carbonyl (C=O) groups is 1. The van der Waals surface area contributed by atoms with Crippen molar-refractivity contribution in [3.63, 3.8) is 0 Å². The van der Waals surface area contributed by atoms with Gasteiger partial charge in [0.1, 0.15) is 0 Å². The van der Waals surface area contributed by atoms with Crippen molar-refractivity contribution in [3.8, 4) is 0 Å². The molecule has 13 heavy (non-hydrogen) atoms. The van der Waals surface area contributed by atoms with Crippen molar-refractivity contribution in [1.29, 1.82) is 0 Å². The molecule has 0 radical (unpaired) electrons. The van der Waals surface area contributed by atoms with Gasteiger partial charge in [-0.2, -0.15) is 0 Å². The van der Waals surface area contributed by atoms with Gasteiger partial charge in [-0.05, 0) is 38.8 Å². The molecule has 3 nitrogen and oxygen atoms in total. The number of aliphatic carboxylic acids is 1. The van der Waals surface area contributed by atoms with Crippen molar-refractivity contribution >= 4 is 5.97 Å². The van der Waals surface area contributed by atoms with Crippen LogP contribution in [-0.4, -0.2) is 16.1 Å². The van der Waals surface area contributed by atoms with E-state index in [-0.39, 0.29) is 0 Å². The predicted octanol–water partition coefficient (Wildman–Crippen LogP) is 1.99. The van der Waals surface area contributed by atoms with Crippen LogP contribution >= 0.6 is 0 Å². The second-order valence-electron chi connectivity index (χ2n) is 3.90. The fourth-order valence-electron chi connectivity index (χ4n) is 1.73. The van der Waals surface area contributed by atoms with Crippen molar-refractivity contribution < 1.29 is 9.90 Å². The summed E-state index contributed by atoms with van der Waals surface area (Å²) in [5, 5.41) is 9.05. The minimum atomic E-state index is -0.811. The van der Waals surface area contributed by atoms with Gasteiger partial charge >= 0.3 is 5.97 Å². The molecule has 1 heterocycles. The topological polar surface area (TPSA) is 53.1 Å². The second kappa shape index (κ2) is 2.91. The van der Waals surface area contributed by atoms with Gasteiger partial charge < -0.3 is 10.1 Å². The van der Waals surface area contributed by atoms with E-state index < -0.39 is 11.4 Å². The van der Waals surface area contributed by atoms with Gasteiger partial charge in [-0.15, -0.1) is 0 Å². The molecule has 0 atom stereocenters. The summed E-state index contributed by atoms with van der Waals surface area (Å²) in [6.45, 7) is 7.26. The first-order valence-electron chi connectivity index (χ1n) is 4.26. The maximum absolute atomic E-state index is 11.0. The number of carboxylic acid groups (broad SMARTS) is 1. The molecule has 1 rings (SSSR count). The summed E-state index contributed by atoms with van der Waals surface area (Å²) in [5.74, 6) is -0.793. The summed E-state index contributed by atoms with van der Waals surface area (Å²) in [6.07, 6.45) is 1.84. The number of aromatic nitrogens is 1. The van der Waals surface area contributed by atoms with Crippen molar-refractivity contribution in [2.24, 2.45) is 0 Å². The van der Waals surface area contributed by atoms with Crippen LogP contribution in [0.5, 0.6) is 0 Å². The standard InChI is InChI=1S/C10H15NO2/c1-6-5-11-7(2)8(6)10(3,4)9(12)13/h5,11H,1-4H3,(H,12,13). The molecule has 0 aliphatic carbocycles. The lowest BCUT2D eigenvalue weighted by molar-refractivity contribution is -0.142. The molecule has 0 unspecified atom stereocenters. The minimum Gasteiger partial charge on any atom is -0.481 e. The molecule has 0 spiro atoms. The Labute approximate surface area is 77.8 Å². The van der Waals surface area contributed by atoms with E-state index in [2.05, 4.69) is 4.98 Å². The lowest BCUT2D eigenvalue weighted by Gasteiger charge is -2.20. The molecule has 2 N–H and O–H groups in total. The molecule has 0 saturated carbocycles. The third-order valence-electron chi connectivity index (χ3n) is 2.43. The molecule has 0 amide bonds. The molecule has 3 heteroatoms. The molecule has 1 aromatic heterocycles. The number of rotatable bonds is 2. The Bertz CT molecular complexity index is 317. The van der Waals surface area contributed by atoms with E-state index in [4.69, 9.17) is 5.11 Å². The molecule has 0 aliphatic heterocycles. The quantitative estimate of drug-likeness (QED) is 0.733. The van der Waals surface area contributed by atoms with Gasteiger partial charge in [-0.25, -0.2) is 0 Å². The molecule has 72 valence electrons. The summed E-state index contributed by atoms with van der Waals surface area (Å²) in [5.41, 5.74) is 2.02. The van der Waals surface area contributed by atoms with E-state index >= 15 is 0 Å². The van der Waals surface area contributed by atoms with Crippen LogP contribution in [0.2, 0.25) is 0 Å². The summed E-state index contributed by atoms with van der Waals surface area (Å²) in [4.78, 5) is 14.0. The fraction of sp³-hybridized carbons (Fsp3) is 0.500. The highest BCUT2D eigenvalue weighted by molar-refractivity contribution is 5.81. The monoisotopic (exact) mass is 181 g/mol. The van der Waals surface area contributed by atoms with Crippen molar-refractivity contribution in [3.05, 3.63) is 23.0 Å². The zero-order valence-electron chi connectivity index (χ0n) is 8.43. The molecular formula is C10H15NO2. The van der Waals surface area contributed by atoms with Gasteiger partial charge in [0.2, 0.25) is 0 Å². The van der Waals surface area contributed by atoms with Gasteiger partial charge in [-0.1, -0.05) is 0 Å². The predicted molar refractivity (Wildman–Crippen MR) is 50.9 cm³/mol. The number of hydrogen-bond acceptors (Lipinski definition) is 1. The normalized spacial score (nSPS) is 11.7. The third-order valence-corrected chi connectivity index (χ3v) is 2.43. The summed E-state index contributed by atoms with van der Waals surface area (Å²) < 4.78 is 0. The number of aromatic amines is 1. The van der Waals surface area contributed by atoms with Crippen LogP contribution in [0.3, 0.4) is 0 Å². The SMILES string of the molecule is Cc1c[nH]c(C)c1C(C)(C)C(=O)O. The highest BCUT2D eigenvalue weighted by Crippen LogP contribution is 2.29. The average Bonchev–Trinajstić information content (AvgIpc) is 2.30. The van der Waals surface area contributed by atoms with Crippen LogP contribution in [0.4, 0.5) is 0 Å². The van der Waals surface area contributed by atoms with Crippen LogP contribution in [0.15, 0.2) is 6.20 Å². The third kappa shape index (κ3) is 1.46. The highest BCUT2D eigenvalue weighted by atomic mass is 16.4. The average molecular weight is 181 g/mol. The minimum absolute atomic E-state index is 0.793. The van der Waals surface area contributed by atoms with Crippen LogP contribution in [-0.2, 0) is 10.2 Å². The van der Waals surface area contributed by atoms with Gasteiger partial charge in [0.15, 0.2) is 0 Å². The maximum atomic E-state index is 11.0. The van der Waals surface area contributed by atoms with Crippen molar-refractivity contribution in [2.75, 3.05) is 0 Å². The van der Waals surface area contributed by atoms with Crippen LogP contribution < -0.4 is 0 Å². The van der Waals surface area contributed by atoms with E-state index in [1.54, 1.807) is 13.8 Å². The molecule has 0 bridgehead atoms. The molecule has 0 fully saturated rings. The Morgan fingerprint density at radius 3 is 2.31 bits per heavy atom. The Kier molecular flexibility index (Phi) is 2.20. The summed E-state index contributed by atoms with van der Waals surface area (Å²) >= 11 is 0. The van der Waals surface area contributed by atoms with Crippen LogP contribution in [0, 0.1) is 13.8 Å². The van der Waals surface area contributed by atoms with Gasteiger partial charge in [0, 0.05) is 11.9 Å². The number of hydrogen-bond donors (Lipinski definition) is 2. The zero-order valence-corrected chi connectivity index (χ0v) is 8.43. The first kappa shape index (κ1) is 9.84. The van der Waals surface area contributed by atoms with Crippen molar-refractivity contribution in [1.82, 2.24) is 4.98 Å². The van der Waals surface area contributed by atoms with Crippen molar-refractivity contribution in [2.45, 2.75) is 33.1 Å². The molecule has 1 aromatic rings.